The molecule has 0 aliphatic carbocycles. The van der Waals surface area contributed by atoms with Crippen LogP contribution >= 0.6 is 0 Å². The number of ether oxygens (including phenoxy) is 2. The van der Waals surface area contributed by atoms with Gasteiger partial charge in [0.05, 0.1) is 6.61 Å². The summed E-state index contributed by atoms with van der Waals surface area (Å²) in [5.74, 6) is 0. The van der Waals surface area contributed by atoms with Crippen LogP contribution in [-0.4, -0.2) is 44.7 Å². The van der Waals surface area contributed by atoms with E-state index in [1.807, 2.05) is 0 Å². The fourth-order valence-corrected chi connectivity index (χ4v) is 0.928. The highest BCUT2D eigenvalue weighted by molar-refractivity contribution is 5.66. The number of nitrogens with one attached hydrogen (secondary N) is 1. The summed E-state index contributed by atoms with van der Waals surface area (Å²) in [6, 6.07) is 0. The first-order valence-corrected chi connectivity index (χ1v) is 4.81. The number of hydrogen-bond donors (Lipinski definition) is 2. The third kappa shape index (κ3) is 9.28. The number of aliphatic hydroxyl groups excluding tert-OH is 1. The molecule has 0 saturated carbocycles. The molecule has 0 spiro atoms. The van der Waals surface area contributed by atoms with E-state index in [4.69, 9.17) is 9.84 Å². The third-order valence-corrected chi connectivity index (χ3v) is 1.62. The third-order valence-electron chi connectivity index (χ3n) is 1.62. The van der Waals surface area contributed by atoms with E-state index >= 15 is 0 Å². The second-order valence-corrected chi connectivity index (χ2v) is 2.84. The summed E-state index contributed by atoms with van der Waals surface area (Å²) in [6.45, 7) is 1.28. The van der Waals surface area contributed by atoms with Crippen LogP contribution in [0, 0.1) is 0 Å². The van der Waals surface area contributed by atoms with Crippen molar-refractivity contribution in [2.45, 2.75) is 19.3 Å². The van der Waals surface area contributed by atoms with E-state index < -0.39 is 6.09 Å². The van der Waals surface area contributed by atoms with Crippen molar-refractivity contribution in [3.05, 3.63) is 0 Å². The summed E-state index contributed by atoms with van der Waals surface area (Å²) in [4.78, 5) is 10.8. The van der Waals surface area contributed by atoms with Gasteiger partial charge in [0, 0.05) is 20.3 Å². The van der Waals surface area contributed by atoms with Crippen molar-refractivity contribution in [3.63, 3.8) is 0 Å². The van der Waals surface area contributed by atoms with Gasteiger partial charge < -0.3 is 19.9 Å². The van der Waals surface area contributed by atoms with Crippen LogP contribution in [0.3, 0.4) is 0 Å². The highest BCUT2D eigenvalue weighted by Gasteiger charge is 1.98. The molecule has 0 atom stereocenters. The molecule has 14 heavy (non-hydrogen) atoms. The van der Waals surface area contributed by atoms with Crippen LogP contribution in [-0.2, 0) is 9.47 Å². The second-order valence-electron chi connectivity index (χ2n) is 2.84. The highest BCUT2D eigenvalue weighted by Crippen LogP contribution is 1.93. The molecule has 2 N–H and O–H groups in total. The molecule has 0 radical (unpaired) electrons. The Morgan fingerprint density at radius 2 is 2.07 bits per heavy atom. The molecule has 1 amide bonds. The molecular formula is C9H19NO4. The lowest BCUT2D eigenvalue weighted by Gasteiger charge is -2.05. The largest absolute Gasteiger partial charge is 0.447 e. The number of carbonyl (C=O) groups is 1. The average molecular weight is 205 g/mol. The van der Waals surface area contributed by atoms with Crippen molar-refractivity contribution in [1.29, 1.82) is 0 Å². The zero-order valence-corrected chi connectivity index (χ0v) is 8.62. The Morgan fingerprint density at radius 3 is 2.71 bits per heavy atom. The number of methoxy groups -OCH3 is 1. The zero-order chi connectivity index (χ0) is 10.6. The summed E-state index contributed by atoms with van der Waals surface area (Å²) in [7, 11) is 1.67. The minimum Gasteiger partial charge on any atom is -0.447 e. The first-order valence-electron chi connectivity index (χ1n) is 4.81. The second kappa shape index (κ2) is 10.3. The van der Waals surface area contributed by atoms with Gasteiger partial charge in [-0.2, -0.15) is 0 Å². The average Bonchev–Trinajstić information content (AvgIpc) is 2.20. The maximum Gasteiger partial charge on any atom is 0.407 e. The Bertz CT molecular complexity index is 141. The van der Waals surface area contributed by atoms with Gasteiger partial charge in [-0.25, -0.2) is 4.79 Å². The van der Waals surface area contributed by atoms with Crippen LogP contribution in [0.2, 0.25) is 0 Å². The van der Waals surface area contributed by atoms with Crippen molar-refractivity contribution < 1.29 is 19.4 Å². The molecule has 84 valence electrons. The van der Waals surface area contributed by atoms with Gasteiger partial charge in [0.2, 0.25) is 0 Å². The fourth-order valence-electron chi connectivity index (χ4n) is 0.928. The van der Waals surface area contributed by atoms with E-state index in [0.29, 0.717) is 6.54 Å². The SMILES string of the molecule is COCCCCCNC(=O)OCCO. The van der Waals surface area contributed by atoms with Crippen LogP contribution < -0.4 is 5.32 Å². The summed E-state index contributed by atoms with van der Waals surface area (Å²) >= 11 is 0. The standard InChI is InChI=1S/C9H19NO4/c1-13-7-4-2-3-5-10-9(12)14-8-6-11/h11H,2-8H2,1H3,(H,10,12). The van der Waals surface area contributed by atoms with Gasteiger partial charge in [0.25, 0.3) is 0 Å². The van der Waals surface area contributed by atoms with Crippen LogP contribution in [0.25, 0.3) is 0 Å². The molecule has 0 aromatic carbocycles. The Kier molecular flexibility index (Phi) is 9.68. The van der Waals surface area contributed by atoms with E-state index in [2.05, 4.69) is 10.1 Å². The molecule has 0 aliphatic heterocycles. The molecular weight excluding hydrogens is 186 g/mol. The lowest BCUT2D eigenvalue weighted by atomic mass is 10.2. The number of rotatable bonds is 8. The first kappa shape index (κ1) is 13.2. The molecule has 0 aromatic rings. The lowest BCUT2D eigenvalue weighted by molar-refractivity contribution is 0.119. The van der Waals surface area contributed by atoms with Crippen molar-refractivity contribution in [2.75, 3.05) is 33.5 Å². The zero-order valence-electron chi connectivity index (χ0n) is 8.62. The number of unbranched alkanes of at least 4 members (excludes halogenated alkanes) is 2. The van der Waals surface area contributed by atoms with Crippen molar-refractivity contribution in [1.82, 2.24) is 5.32 Å². The topological polar surface area (TPSA) is 67.8 Å². The van der Waals surface area contributed by atoms with E-state index in [9.17, 15) is 4.79 Å². The van der Waals surface area contributed by atoms with E-state index in [0.717, 1.165) is 25.9 Å². The molecule has 0 aliphatic rings. The van der Waals surface area contributed by atoms with Gasteiger partial charge in [-0.15, -0.1) is 0 Å². The monoisotopic (exact) mass is 205 g/mol. The summed E-state index contributed by atoms with van der Waals surface area (Å²) in [5.41, 5.74) is 0. The van der Waals surface area contributed by atoms with Crippen LogP contribution in [0.15, 0.2) is 0 Å². The molecule has 5 nitrogen and oxygen atoms in total. The van der Waals surface area contributed by atoms with E-state index in [-0.39, 0.29) is 13.2 Å². The minimum absolute atomic E-state index is 0.0511. The van der Waals surface area contributed by atoms with Gasteiger partial charge in [0.1, 0.15) is 6.61 Å². The van der Waals surface area contributed by atoms with Gasteiger partial charge in [-0.3, -0.25) is 0 Å². The molecule has 0 fully saturated rings. The van der Waals surface area contributed by atoms with Crippen LogP contribution in [0.5, 0.6) is 0 Å². The first-order chi connectivity index (χ1) is 6.81. The van der Waals surface area contributed by atoms with Crippen LogP contribution in [0.4, 0.5) is 4.79 Å². The Balaban J connectivity index is 3.07. The van der Waals surface area contributed by atoms with Gasteiger partial charge in [-0.1, -0.05) is 0 Å². The number of aliphatic hydroxyl groups is 1. The molecule has 0 rings (SSSR count). The predicted octanol–water partition coefficient (Wildman–Crippen LogP) is 0.522. The maximum absolute atomic E-state index is 10.8. The molecule has 5 heteroatoms. The molecule has 0 saturated heterocycles. The number of hydrogen-bond acceptors (Lipinski definition) is 4. The normalized spacial score (nSPS) is 9.86. The summed E-state index contributed by atoms with van der Waals surface area (Å²) < 4.78 is 9.48. The van der Waals surface area contributed by atoms with Crippen molar-refractivity contribution in [3.8, 4) is 0 Å². The van der Waals surface area contributed by atoms with Crippen LogP contribution in [0.1, 0.15) is 19.3 Å². The quantitative estimate of drug-likeness (QED) is 0.567. The van der Waals surface area contributed by atoms with Crippen molar-refractivity contribution >= 4 is 6.09 Å². The lowest BCUT2D eigenvalue weighted by Crippen LogP contribution is -2.26. The van der Waals surface area contributed by atoms with Crippen molar-refractivity contribution in [2.24, 2.45) is 0 Å². The predicted molar refractivity (Wildman–Crippen MR) is 52.2 cm³/mol. The Labute approximate surface area is 84.4 Å². The van der Waals surface area contributed by atoms with E-state index in [1.165, 1.54) is 0 Å². The van der Waals surface area contributed by atoms with E-state index in [1.54, 1.807) is 7.11 Å². The molecule has 0 unspecified atom stereocenters. The molecule has 0 bridgehead atoms. The number of carbonyl (C=O) groups excluding carboxylic acids is 1. The summed E-state index contributed by atoms with van der Waals surface area (Å²) in [5, 5.41) is 10.9. The molecule has 0 aromatic heterocycles. The van der Waals surface area contributed by atoms with Gasteiger partial charge >= 0.3 is 6.09 Å². The Hall–Kier alpha value is -0.810. The summed E-state index contributed by atoms with van der Waals surface area (Å²) in [6.07, 6.45) is 2.47. The fraction of sp³-hybridized carbons (Fsp3) is 0.889. The smallest absolute Gasteiger partial charge is 0.407 e. The highest BCUT2D eigenvalue weighted by atomic mass is 16.6. The Morgan fingerprint density at radius 1 is 1.29 bits per heavy atom. The van der Waals surface area contributed by atoms with Gasteiger partial charge in [0.15, 0.2) is 0 Å². The molecule has 0 heterocycles. The maximum atomic E-state index is 10.8. The number of alkyl carbamates (subject to hydrolysis) is 1. The van der Waals surface area contributed by atoms with Gasteiger partial charge in [-0.05, 0) is 19.3 Å². The minimum atomic E-state index is -0.467. The number of amides is 1.